The summed E-state index contributed by atoms with van der Waals surface area (Å²) in [4.78, 5) is 6.87. The Bertz CT molecular complexity index is 357. The molecule has 0 unspecified atom stereocenters. The maximum atomic E-state index is 5.83. The lowest BCUT2D eigenvalue weighted by Crippen LogP contribution is -2.52. The summed E-state index contributed by atoms with van der Waals surface area (Å²) in [5.74, 6) is 0. The van der Waals surface area contributed by atoms with Gasteiger partial charge >= 0.3 is 0 Å². The molecule has 17 heavy (non-hydrogen) atoms. The predicted octanol–water partition coefficient (Wildman–Crippen LogP) is 1.52. The lowest BCUT2D eigenvalue weighted by Gasteiger charge is -2.40. The molecule has 3 atom stereocenters. The van der Waals surface area contributed by atoms with Crippen LogP contribution in [0.15, 0.2) is 11.6 Å². The van der Waals surface area contributed by atoms with E-state index in [2.05, 4.69) is 9.88 Å². The number of hydrogen-bond donors (Lipinski definition) is 0. The highest BCUT2D eigenvalue weighted by Gasteiger charge is 2.42. The number of hydrogen-bond acceptors (Lipinski definition) is 5. The monoisotopic (exact) mass is 254 g/mol. The summed E-state index contributed by atoms with van der Waals surface area (Å²) in [5, 5.41) is 3.24. The molecule has 2 aliphatic heterocycles. The van der Waals surface area contributed by atoms with Gasteiger partial charge in [-0.3, -0.25) is 4.90 Å². The molecule has 0 N–H and O–H groups in total. The molecule has 0 spiro atoms. The Morgan fingerprint density at radius 3 is 3.29 bits per heavy atom. The van der Waals surface area contributed by atoms with Gasteiger partial charge in [0.2, 0.25) is 0 Å². The van der Waals surface area contributed by atoms with Gasteiger partial charge in [0.1, 0.15) is 5.01 Å². The van der Waals surface area contributed by atoms with Crippen LogP contribution in [-0.2, 0) is 16.0 Å². The second kappa shape index (κ2) is 5.02. The van der Waals surface area contributed by atoms with Crippen LogP contribution in [0.2, 0.25) is 0 Å². The van der Waals surface area contributed by atoms with Crippen molar-refractivity contribution in [3.05, 3.63) is 16.6 Å². The van der Waals surface area contributed by atoms with Crippen LogP contribution in [0.25, 0.3) is 0 Å². The number of fused-ring (bicyclic) bond motifs is 1. The first kappa shape index (κ1) is 11.6. The molecular formula is C12H18N2O2S. The first-order valence-electron chi connectivity index (χ1n) is 6.15. The van der Waals surface area contributed by atoms with Crippen LogP contribution in [0.3, 0.4) is 0 Å². The van der Waals surface area contributed by atoms with Crippen LogP contribution in [0, 0.1) is 0 Å². The number of aromatic nitrogens is 1. The fourth-order valence-corrected chi connectivity index (χ4v) is 3.56. The number of ether oxygens (including phenoxy) is 2. The minimum Gasteiger partial charge on any atom is -0.379 e. The summed E-state index contributed by atoms with van der Waals surface area (Å²) in [7, 11) is 1.79. The van der Waals surface area contributed by atoms with E-state index in [-0.39, 0.29) is 12.2 Å². The third kappa shape index (κ3) is 2.25. The molecule has 5 heteroatoms. The first-order valence-corrected chi connectivity index (χ1v) is 7.03. The Morgan fingerprint density at radius 1 is 1.59 bits per heavy atom. The molecule has 2 fully saturated rings. The molecule has 3 rings (SSSR count). The van der Waals surface area contributed by atoms with Crippen LogP contribution in [0.4, 0.5) is 0 Å². The van der Waals surface area contributed by atoms with Gasteiger partial charge in [-0.1, -0.05) is 0 Å². The number of methoxy groups -OCH3 is 1. The summed E-state index contributed by atoms with van der Waals surface area (Å²) < 4.78 is 11.4. The van der Waals surface area contributed by atoms with E-state index in [9.17, 15) is 0 Å². The molecule has 1 aromatic rings. The minimum atomic E-state index is 0.258. The average Bonchev–Trinajstić information content (AvgIpc) is 2.99. The minimum absolute atomic E-state index is 0.258. The molecular weight excluding hydrogens is 236 g/mol. The molecule has 2 saturated heterocycles. The third-order valence-corrected chi connectivity index (χ3v) is 4.53. The van der Waals surface area contributed by atoms with Crippen molar-refractivity contribution in [1.29, 1.82) is 0 Å². The number of rotatable bonds is 3. The van der Waals surface area contributed by atoms with Gasteiger partial charge in [-0.15, -0.1) is 11.3 Å². The van der Waals surface area contributed by atoms with E-state index in [4.69, 9.17) is 9.47 Å². The SMILES string of the molecule is CO[C@@H]1CCN(Cc2nccs2)[C@@H]2CCO[C@H]21. The zero-order valence-corrected chi connectivity index (χ0v) is 10.9. The van der Waals surface area contributed by atoms with Crippen LogP contribution in [0.1, 0.15) is 17.8 Å². The summed E-state index contributed by atoms with van der Waals surface area (Å²) >= 11 is 1.73. The zero-order valence-electron chi connectivity index (χ0n) is 10.0. The fourth-order valence-electron chi connectivity index (χ4n) is 2.92. The molecule has 0 amide bonds. The van der Waals surface area contributed by atoms with Crippen molar-refractivity contribution in [3.63, 3.8) is 0 Å². The van der Waals surface area contributed by atoms with E-state index < -0.39 is 0 Å². The molecule has 2 aliphatic rings. The highest BCUT2D eigenvalue weighted by molar-refractivity contribution is 7.09. The van der Waals surface area contributed by atoms with E-state index in [0.717, 1.165) is 32.5 Å². The Hall–Kier alpha value is -0.490. The van der Waals surface area contributed by atoms with E-state index in [1.807, 2.05) is 11.6 Å². The molecule has 0 saturated carbocycles. The third-order valence-electron chi connectivity index (χ3n) is 3.76. The quantitative estimate of drug-likeness (QED) is 0.819. The van der Waals surface area contributed by atoms with Gasteiger partial charge in [0, 0.05) is 37.9 Å². The van der Waals surface area contributed by atoms with Gasteiger partial charge in [-0.2, -0.15) is 0 Å². The highest BCUT2D eigenvalue weighted by Crippen LogP contribution is 2.31. The molecule has 0 bridgehead atoms. The van der Waals surface area contributed by atoms with Gasteiger partial charge in [0.25, 0.3) is 0 Å². The Morgan fingerprint density at radius 2 is 2.53 bits per heavy atom. The van der Waals surface area contributed by atoms with Gasteiger partial charge in [-0.05, 0) is 12.8 Å². The molecule has 4 nitrogen and oxygen atoms in total. The zero-order chi connectivity index (χ0) is 11.7. The topological polar surface area (TPSA) is 34.6 Å². The van der Waals surface area contributed by atoms with Crippen molar-refractivity contribution in [2.75, 3.05) is 20.3 Å². The van der Waals surface area contributed by atoms with Crippen molar-refractivity contribution in [2.45, 2.75) is 37.6 Å². The summed E-state index contributed by atoms with van der Waals surface area (Å²) in [6.45, 7) is 2.91. The van der Waals surface area contributed by atoms with Gasteiger partial charge in [0.05, 0.1) is 18.8 Å². The second-order valence-electron chi connectivity index (χ2n) is 4.65. The Balaban J connectivity index is 1.70. The number of piperidine rings is 1. The number of likely N-dealkylation sites (tertiary alicyclic amines) is 1. The molecule has 3 heterocycles. The van der Waals surface area contributed by atoms with E-state index in [1.54, 1.807) is 18.4 Å². The Kier molecular flexibility index (Phi) is 3.42. The molecule has 0 aromatic carbocycles. The molecule has 0 aliphatic carbocycles. The summed E-state index contributed by atoms with van der Waals surface area (Å²) in [6, 6.07) is 0.512. The largest absolute Gasteiger partial charge is 0.379 e. The van der Waals surface area contributed by atoms with Crippen LogP contribution < -0.4 is 0 Å². The van der Waals surface area contributed by atoms with E-state index >= 15 is 0 Å². The molecule has 94 valence electrons. The molecule has 1 aromatic heterocycles. The maximum absolute atomic E-state index is 5.83. The van der Waals surface area contributed by atoms with E-state index in [1.165, 1.54) is 5.01 Å². The van der Waals surface area contributed by atoms with Gasteiger partial charge in [0.15, 0.2) is 0 Å². The predicted molar refractivity (Wildman–Crippen MR) is 66.1 cm³/mol. The lowest BCUT2D eigenvalue weighted by atomic mass is 9.96. The van der Waals surface area contributed by atoms with Crippen molar-refractivity contribution < 1.29 is 9.47 Å². The fraction of sp³-hybridized carbons (Fsp3) is 0.750. The average molecular weight is 254 g/mol. The second-order valence-corrected chi connectivity index (χ2v) is 5.63. The standard InChI is InChI=1S/C12H18N2O2S/c1-15-10-2-5-14(8-11-13-4-7-17-11)9-3-6-16-12(9)10/h4,7,9-10,12H,2-3,5-6,8H2,1H3/t9-,10-,12-/m1/s1. The van der Waals surface area contributed by atoms with Crippen LogP contribution in [0.5, 0.6) is 0 Å². The van der Waals surface area contributed by atoms with Crippen molar-refractivity contribution >= 4 is 11.3 Å². The number of thiazole rings is 1. The maximum Gasteiger partial charge on any atom is 0.107 e. The summed E-state index contributed by atoms with van der Waals surface area (Å²) in [5.41, 5.74) is 0. The molecule has 0 radical (unpaired) electrons. The van der Waals surface area contributed by atoms with Crippen LogP contribution >= 0.6 is 11.3 Å². The first-order chi connectivity index (χ1) is 8.38. The summed E-state index contributed by atoms with van der Waals surface area (Å²) in [6.07, 6.45) is 4.59. The van der Waals surface area contributed by atoms with Crippen molar-refractivity contribution in [1.82, 2.24) is 9.88 Å². The normalized spacial score (nSPS) is 33.8. The Labute approximate surface area is 106 Å². The van der Waals surface area contributed by atoms with Crippen LogP contribution in [-0.4, -0.2) is 48.4 Å². The van der Waals surface area contributed by atoms with Crippen molar-refractivity contribution in [2.24, 2.45) is 0 Å². The smallest absolute Gasteiger partial charge is 0.107 e. The van der Waals surface area contributed by atoms with Gasteiger partial charge < -0.3 is 9.47 Å². The van der Waals surface area contributed by atoms with Gasteiger partial charge in [-0.25, -0.2) is 4.98 Å². The number of nitrogens with zero attached hydrogens (tertiary/aromatic N) is 2. The van der Waals surface area contributed by atoms with Crippen molar-refractivity contribution in [3.8, 4) is 0 Å². The van der Waals surface area contributed by atoms with E-state index in [0.29, 0.717) is 6.04 Å². The highest BCUT2D eigenvalue weighted by atomic mass is 32.1. The lowest BCUT2D eigenvalue weighted by molar-refractivity contribution is -0.0845.